The molecule has 11 heterocycles. The Bertz CT molecular complexity index is 1490. The number of carbonyl (C=O) groups is 1. The molecule has 0 aromatic carbocycles. The fourth-order valence-corrected chi connectivity index (χ4v) is 11.9. The molecule has 11 saturated heterocycles. The molecule has 13 heteroatoms. The Morgan fingerprint density at radius 1 is 0.673 bits per heavy atom. The normalized spacial score (nSPS) is 54.9. The van der Waals surface area contributed by atoms with Crippen LogP contribution in [0.2, 0.25) is 0 Å². The van der Waals surface area contributed by atoms with Gasteiger partial charge in [-0.05, 0) is 68.4 Å². The first-order chi connectivity index (χ1) is 26.5. The van der Waals surface area contributed by atoms with Crippen molar-refractivity contribution in [3.05, 3.63) is 24.3 Å². The van der Waals surface area contributed by atoms with E-state index in [1.807, 2.05) is 6.92 Å². The van der Waals surface area contributed by atoms with Crippen molar-refractivity contribution in [3.63, 3.8) is 0 Å². The number of hydrogen-bond donors (Lipinski definition) is 2. The molecule has 11 rings (SSSR count). The summed E-state index contributed by atoms with van der Waals surface area (Å²) in [6.07, 6.45) is 2.38. The maximum Gasteiger partial charge on any atom is 0.308 e. The molecular formula is C42H60O13. The third-order valence-corrected chi connectivity index (χ3v) is 14.8. The smallest absolute Gasteiger partial charge is 0.308 e. The number of hydrogen-bond acceptors (Lipinski definition) is 13. The number of ether oxygens (including phenoxy) is 10. The van der Waals surface area contributed by atoms with Crippen molar-refractivity contribution >= 4 is 5.97 Å². The third kappa shape index (κ3) is 6.79. The van der Waals surface area contributed by atoms with Crippen LogP contribution in [0.3, 0.4) is 0 Å². The highest BCUT2D eigenvalue weighted by Crippen LogP contribution is 2.54. The van der Waals surface area contributed by atoms with Gasteiger partial charge in [-0.2, -0.15) is 0 Å². The number of aliphatic hydroxyl groups excluding tert-OH is 2. The van der Waals surface area contributed by atoms with Crippen LogP contribution in [0.5, 0.6) is 0 Å². The van der Waals surface area contributed by atoms with Crippen molar-refractivity contribution in [2.45, 2.75) is 213 Å². The second-order valence-corrected chi connectivity index (χ2v) is 18.5. The Morgan fingerprint density at radius 3 is 2.27 bits per heavy atom. The summed E-state index contributed by atoms with van der Waals surface area (Å²) in [7, 11) is 0. The van der Waals surface area contributed by atoms with Crippen LogP contribution in [0.1, 0.15) is 97.3 Å². The van der Waals surface area contributed by atoms with Gasteiger partial charge in [0.2, 0.25) is 0 Å². The molecule has 21 atom stereocenters. The van der Waals surface area contributed by atoms with Gasteiger partial charge >= 0.3 is 5.97 Å². The van der Waals surface area contributed by atoms with Crippen LogP contribution < -0.4 is 0 Å². The molecule has 12 bridgehead atoms. The van der Waals surface area contributed by atoms with E-state index in [9.17, 15) is 15.0 Å². The van der Waals surface area contributed by atoms with Crippen LogP contribution in [0.25, 0.3) is 0 Å². The largest absolute Gasteiger partial charge is 0.459 e. The molecule has 0 unspecified atom stereocenters. The van der Waals surface area contributed by atoms with Crippen molar-refractivity contribution in [3.8, 4) is 0 Å². The van der Waals surface area contributed by atoms with E-state index in [1.54, 1.807) is 0 Å². The summed E-state index contributed by atoms with van der Waals surface area (Å²) in [5.74, 6) is -1.18. The maximum absolute atomic E-state index is 14.0. The monoisotopic (exact) mass is 772 g/mol. The first-order valence-electron chi connectivity index (χ1n) is 21.3. The zero-order valence-electron chi connectivity index (χ0n) is 32.2. The van der Waals surface area contributed by atoms with E-state index in [0.29, 0.717) is 38.5 Å². The average molecular weight is 773 g/mol. The highest BCUT2D eigenvalue weighted by Gasteiger charge is 2.69. The van der Waals surface area contributed by atoms with Crippen LogP contribution in [-0.4, -0.2) is 138 Å². The van der Waals surface area contributed by atoms with Crippen LogP contribution in [0.15, 0.2) is 24.3 Å². The predicted molar refractivity (Wildman–Crippen MR) is 193 cm³/mol. The average Bonchev–Trinajstić information content (AvgIpc) is 3.74. The van der Waals surface area contributed by atoms with E-state index in [2.05, 4.69) is 20.1 Å². The molecule has 0 amide bonds. The van der Waals surface area contributed by atoms with Crippen molar-refractivity contribution in [2.24, 2.45) is 11.8 Å². The molecule has 0 aromatic heterocycles. The van der Waals surface area contributed by atoms with Crippen LogP contribution >= 0.6 is 0 Å². The van der Waals surface area contributed by atoms with Crippen molar-refractivity contribution in [1.29, 1.82) is 0 Å². The first-order valence-corrected chi connectivity index (χ1v) is 21.3. The van der Waals surface area contributed by atoms with Crippen molar-refractivity contribution < 1.29 is 62.4 Å². The zero-order chi connectivity index (χ0) is 37.7. The van der Waals surface area contributed by atoms with Gasteiger partial charge in [-0.1, -0.05) is 27.0 Å². The quantitative estimate of drug-likeness (QED) is 0.312. The summed E-state index contributed by atoms with van der Waals surface area (Å²) in [6.45, 7) is 13.1. The lowest BCUT2D eigenvalue weighted by atomic mass is 9.79. The fourth-order valence-electron chi connectivity index (χ4n) is 11.9. The Hall–Kier alpha value is -1.49. The SMILES string of the molecule is C=C1C[C@@H]2CC[C@@]34C[C@@H]5O[C@@H]6[C@@H](O[C@H]7CC[C@H](CC(=O)O[C@@H]8[C@@H](C)[C@@H]9O[C@H](CCO)[C@@H](O)C[C@@H]9O[C@H]8C[C@H]8O[C@@H](CC[C@@H]1O2)C[C@@H](C)C8=C)O[C@@H]7[C@@H]6O3)[C@H]5O4. The molecule has 11 aliphatic heterocycles. The second-order valence-electron chi connectivity index (χ2n) is 18.5. The number of fused-ring (bicyclic) bond motifs is 7. The minimum atomic E-state index is -0.808. The minimum Gasteiger partial charge on any atom is -0.459 e. The van der Waals surface area contributed by atoms with E-state index in [4.69, 9.17) is 47.4 Å². The van der Waals surface area contributed by atoms with Gasteiger partial charge in [0.1, 0.15) is 36.6 Å². The molecule has 0 aromatic rings. The van der Waals surface area contributed by atoms with Gasteiger partial charge in [0.25, 0.3) is 0 Å². The molecule has 11 fully saturated rings. The molecule has 306 valence electrons. The van der Waals surface area contributed by atoms with Crippen LogP contribution in [0, 0.1) is 11.8 Å². The summed E-state index contributed by atoms with van der Waals surface area (Å²) in [5, 5.41) is 20.6. The Morgan fingerprint density at radius 2 is 1.42 bits per heavy atom. The summed E-state index contributed by atoms with van der Waals surface area (Å²) in [5.41, 5.74) is 2.14. The van der Waals surface area contributed by atoms with Gasteiger partial charge in [0, 0.05) is 38.2 Å². The van der Waals surface area contributed by atoms with Crippen molar-refractivity contribution in [2.75, 3.05) is 6.61 Å². The van der Waals surface area contributed by atoms with Gasteiger partial charge in [0.15, 0.2) is 5.79 Å². The summed E-state index contributed by atoms with van der Waals surface area (Å²) >= 11 is 0. The standard InChI is InChI=1S/C42H60O13/c1-19-13-23-5-7-27-20(2)14-25(46-27)9-11-42-18-33-38(54-42)39-40(52-33)41(55-42)37-29(51-39)8-6-24(48-37)15-34(45)53-36-22(4)35-31(16-26(44)28(50-35)10-12-43)49-32(36)17-30(47-23)21(19)3/h19,22-33,35-41,43-44H,2-3,5-18H2,1,4H3/t19-,22+,23+,24-,25+,26+,27+,28-,29+,30-,31+,32+,33+,35+,36-,37+,38+,39+,40-,41+,42+/m1/s1. The zero-order valence-corrected chi connectivity index (χ0v) is 32.2. The van der Waals surface area contributed by atoms with E-state index in [0.717, 1.165) is 49.7 Å². The number of esters is 1. The topological polar surface area (TPSA) is 150 Å². The lowest BCUT2D eigenvalue weighted by Gasteiger charge is -2.51. The van der Waals surface area contributed by atoms with E-state index >= 15 is 0 Å². The second kappa shape index (κ2) is 14.7. The van der Waals surface area contributed by atoms with Crippen LogP contribution in [0.4, 0.5) is 0 Å². The molecule has 13 nitrogen and oxygen atoms in total. The Kier molecular flexibility index (Phi) is 10.1. The molecule has 55 heavy (non-hydrogen) atoms. The predicted octanol–water partition coefficient (Wildman–Crippen LogP) is 3.59. The molecule has 2 N–H and O–H groups in total. The highest BCUT2D eigenvalue weighted by molar-refractivity contribution is 5.70. The minimum absolute atomic E-state index is 0.00281. The molecular weight excluding hydrogens is 712 g/mol. The van der Waals surface area contributed by atoms with E-state index in [-0.39, 0.29) is 98.0 Å². The lowest BCUT2D eigenvalue weighted by molar-refractivity contribution is -0.293. The fraction of sp³-hybridized carbons (Fsp3) is 0.881. The van der Waals surface area contributed by atoms with Crippen molar-refractivity contribution in [1.82, 2.24) is 0 Å². The van der Waals surface area contributed by atoms with E-state index < -0.39 is 48.5 Å². The first kappa shape index (κ1) is 37.8. The molecule has 0 aliphatic carbocycles. The van der Waals surface area contributed by atoms with E-state index in [1.165, 1.54) is 0 Å². The number of rotatable bonds is 2. The molecule has 1 spiro atoms. The summed E-state index contributed by atoms with van der Waals surface area (Å²) in [4.78, 5) is 14.0. The Balaban J connectivity index is 0.934. The number of aliphatic hydroxyl groups is 2. The number of carbonyl (C=O) groups excluding carboxylic acids is 1. The van der Waals surface area contributed by atoms with Gasteiger partial charge in [-0.3, -0.25) is 4.79 Å². The van der Waals surface area contributed by atoms with Crippen LogP contribution in [-0.2, 0) is 52.2 Å². The molecule has 0 saturated carbocycles. The lowest BCUT2D eigenvalue weighted by Crippen LogP contribution is -2.62. The summed E-state index contributed by atoms with van der Waals surface area (Å²) in [6, 6.07) is 0. The third-order valence-electron chi connectivity index (χ3n) is 14.8. The molecule has 0 radical (unpaired) electrons. The Labute approximate surface area is 323 Å². The highest BCUT2D eigenvalue weighted by atomic mass is 16.8. The van der Waals surface area contributed by atoms with Gasteiger partial charge in [-0.25, -0.2) is 0 Å². The van der Waals surface area contributed by atoms with Gasteiger partial charge in [0.05, 0.1) is 79.7 Å². The summed E-state index contributed by atoms with van der Waals surface area (Å²) < 4.78 is 66.9. The maximum atomic E-state index is 14.0. The molecule has 11 aliphatic rings. The van der Waals surface area contributed by atoms with Gasteiger partial charge < -0.3 is 57.6 Å². The van der Waals surface area contributed by atoms with Gasteiger partial charge in [-0.15, -0.1) is 0 Å².